The average molecular weight is 180 g/mol. The lowest BCUT2D eigenvalue weighted by atomic mass is 9.70. The summed E-state index contributed by atoms with van der Waals surface area (Å²) in [6.45, 7) is 7.49. The van der Waals surface area contributed by atoms with E-state index in [0.717, 1.165) is 19.4 Å². The Morgan fingerprint density at radius 3 is 2.31 bits per heavy atom. The number of hydrogen-bond acceptors (Lipinski definition) is 2. The van der Waals surface area contributed by atoms with E-state index in [2.05, 4.69) is 20.8 Å². The number of Topliss-reactive ketones (excluding diaryl/α,β-unsaturated/α-hetero) is 1. The van der Waals surface area contributed by atoms with Gasteiger partial charge in [0.05, 0.1) is 12.2 Å². The molecule has 72 valence electrons. The van der Waals surface area contributed by atoms with Crippen molar-refractivity contribution >= 4 is 5.78 Å². The summed E-state index contributed by atoms with van der Waals surface area (Å²) in [7, 11) is 0. The molecule has 0 aromatic carbocycles. The number of carbonyl (C=O) groups is 1. The smallest absolute Gasteiger partial charge is 0.139 e. The van der Waals surface area contributed by atoms with Crippen molar-refractivity contribution in [2.24, 2.45) is 16.7 Å². The second kappa shape index (κ2) is 1.72. The first-order valence-corrected chi connectivity index (χ1v) is 5.10. The maximum atomic E-state index is 11.8. The second-order valence-electron chi connectivity index (χ2n) is 5.76. The van der Waals surface area contributed by atoms with E-state index in [9.17, 15) is 4.79 Å². The highest BCUT2D eigenvalue weighted by Gasteiger charge is 2.75. The summed E-state index contributed by atoms with van der Waals surface area (Å²) in [4.78, 5) is 11.8. The van der Waals surface area contributed by atoms with Crippen LogP contribution in [-0.4, -0.2) is 18.0 Å². The van der Waals surface area contributed by atoms with Crippen molar-refractivity contribution in [3.63, 3.8) is 0 Å². The average Bonchev–Trinajstić information content (AvgIpc) is 2.71. The van der Waals surface area contributed by atoms with Crippen LogP contribution in [0.4, 0.5) is 0 Å². The van der Waals surface area contributed by atoms with Gasteiger partial charge in [0.15, 0.2) is 0 Å². The number of rotatable bonds is 0. The predicted molar refractivity (Wildman–Crippen MR) is 48.3 cm³/mol. The molecule has 0 radical (unpaired) electrons. The maximum absolute atomic E-state index is 11.8. The SMILES string of the molecule is CC12CC3(CO3)C(CC1=O)C2(C)C. The molecular formula is C11H16O2. The van der Waals surface area contributed by atoms with Crippen LogP contribution >= 0.6 is 0 Å². The van der Waals surface area contributed by atoms with E-state index in [1.807, 2.05) is 0 Å². The van der Waals surface area contributed by atoms with Crippen LogP contribution in [0.3, 0.4) is 0 Å². The summed E-state index contributed by atoms with van der Waals surface area (Å²) in [5, 5.41) is 0. The van der Waals surface area contributed by atoms with Gasteiger partial charge in [0.25, 0.3) is 0 Å². The number of carbonyl (C=O) groups excluding carboxylic acids is 1. The van der Waals surface area contributed by atoms with Crippen molar-refractivity contribution in [1.29, 1.82) is 0 Å². The molecule has 0 N–H and O–H groups in total. The van der Waals surface area contributed by atoms with Crippen LogP contribution < -0.4 is 0 Å². The largest absolute Gasteiger partial charge is 0.369 e. The summed E-state index contributed by atoms with van der Waals surface area (Å²) in [5.41, 5.74) is 0.168. The van der Waals surface area contributed by atoms with E-state index in [1.165, 1.54) is 0 Å². The summed E-state index contributed by atoms with van der Waals surface area (Å²) in [5.74, 6) is 0.945. The minimum absolute atomic E-state index is 0.103. The van der Waals surface area contributed by atoms with Gasteiger partial charge >= 0.3 is 0 Å². The Morgan fingerprint density at radius 1 is 1.38 bits per heavy atom. The molecule has 2 heteroatoms. The van der Waals surface area contributed by atoms with Crippen molar-refractivity contribution in [3.05, 3.63) is 0 Å². The number of epoxide rings is 1. The first-order valence-electron chi connectivity index (χ1n) is 5.10. The Kier molecular flexibility index (Phi) is 1.06. The summed E-state index contributed by atoms with van der Waals surface area (Å²) < 4.78 is 5.59. The van der Waals surface area contributed by atoms with Crippen LogP contribution in [0.5, 0.6) is 0 Å². The van der Waals surface area contributed by atoms with E-state index in [4.69, 9.17) is 4.74 Å². The van der Waals surface area contributed by atoms with Gasteiger partial charge in [0.2, 0.25) is 0 Å². The van der Waals surface area contributed by atoms with Crippen LogP contribution in [0.2, 0.25) is 0 Å². The minimum atomic E-state index is -0.103. The van der Waals surface area contributed by atoms with E-state index >= 15 is 0 Å². The third-order valence-electron chi connectivity index (χ3n) is 5.10. The van der Waals surface area contributed by atoms with Crippen LogP contribution in [0.25, 0.3) is 0 Å². The fraction of sp³-hybridized carbons (Fsp3) is 0.909. The molecule has 3 atom stereocenters. The van der Waals surface area contributed by atoms with Crippen LogP contribution in [0, 0.1) is 16.7 Å². The highest BCUT2D eigenvalue weighted by atomic mass is 16.6. The highest BCUT2D eigenvalue weighted by Crippen LogP contribution is 2.71. The summed E-state index contributed by atoms with van der Waals surface area (Å²) in [6, 6.07) is 0. The fourth-order valence-corrected chi connectivity index (χ4v) is 3.70. The molecule has 2 aliphatic carbocycles. The van der Waals surface area contributed by atoms with Gasteiger partial charge in [0.1, 0.15) is 5.78 Å². The van der Waals surface area contributed by atoms with Gasteiger partial charge in [-0.15, -0.1) is 0 Å². The Morgan fingerprint density at radius 2 is 2.00 bits per heavy atom. The van der Waals surface area contributed by atoms with Crippen molar-refractivity contribution in [2.75, 3.05) is 6.61 Å². The number of hydrogen-bond donors (Lipinski definition) is 0. The van der Waals surface area contributed by atoms with Crippen LogP contribution in [-0.2, 0) is 9.53 Å². The molecule has 2 saturated carbocycles. The third-order valence-corrected chi connectivity index (χ3v) is 5.10. The first kappa shape index (κ1) is 7.98. The summed E-state index contributed by atoms with van der Waals surface area (Å²) in [6.07, 6.45) is 1.72. The van der Waals surface area contributed by atoms with Gasteiger partial charge in [0, 0.05) is 17.8 Å². The molecule has 1 heterocycles. The van der Waals surface area contributed by atoms with Crippen molar-refractivity contribution in [1.82, 2.24) is 0 Å². The van der Waals surface area contributed by atoms with E-state index in [1.54, 1.807) is 0 Å². The topological polar surface area (TPSA) is 29.6 Å². The van der Waals surface area contributed by atoms with Crippen molar-refractivity contribution < 1.29 is 9.53 Å². The van der Waals surface area contributed by atoms with E-state index in [-0.39, 0.29) is 16.4 Å². The molecule has 1 spiro atoms. The zero-order valence-corrected chi connectivity index (χ0v) is 8.52. The Hall–Kier alpha value is -0.370. The van der Waals surface area contributed by atoms with E-state index < -0.39 is 0 Å². The zero-order valence-electron chi connectivity index (χ0n) is 8.52. The maximum Gasteiger partial charge on any atom is 0.139 e. The molecule has 3 unspecified atom stereocenters. The first-order chi connectivity index (χ1) is 5.92. The van der Waals surface area contributed by atoms with Crippen LogP contribution in [0.1, 0.15) is 33.6 Å². The lowest BCUT2D eigenvalue weighted by Crippen LogP contribution is -2.33. The minimum Gasteiger partial charge on any atom is -0.369 e. The molecule has 13 heavy (non-hydrogen) atoms. The van der Waals surface area contributed by atoms with Gasteiger partial charge in [-0.25, -0.2) is 0 Å². The highest BCUT2D eigenvalue weighted by molar-refractivity contribution is 5.90. The fourth-order valence-electron chi connectivity index (χ4n) is 3.70. The Balaban J connectivity index is 2.14. The van der Waals surface area contributed by atoms with Crippen LogP contribution in [0.15, 0.2) is 0 Å². The molecule has 2 bridgehead atoms. The molecule has 0 amide bonds. The normalized spacial score (nSPS) is 56.2. The molecule has 3 fully saturated rings. The van der Waals surface area contributed by atoms with Gasteiger partial charge in [-0.3, -0.25) is 4.79 Å². The quantitative estimate of drug-likeness (QED) is 0.532. The molecule has 3 rings (SSSR count). The van der Waals surface area contributed by atoms with Crippen molar-refractivity contribution in [3.8, 4) is 0 Å². The lowest BCUT2D eigenvalue weighted by Gasteiger charge is -2.31. The molecule has 0 aromatic heterocycles. The molecule has 1 aliphatic heterocycles. The molecule has 3 aliphatic rings. The molecular weight excluding hydrogens is 164 g/mol. The summed E-state index contributed by atoms with van der Waals surface area (Å²) >= 11 is 0. The van der Waals surface area contributed by atoms with Gasteiger partial charge in [-0.2, -0.15) is 0 Å². The number of ketones is 1. The molecule has 2 nitrogen and oxygen atoms in total. The molecule has 1 saturated heterocycles. The number of ether oxygens (including phenoxy) is 1. The number of fused-ring (bicyclic) bond motifs is 3. The molecule has 0 aromatic rings. The van der Waals surface area contributed by atoms with Gasteiger partial charge in [-0.1, -0.05) is 20.8 Å². The Bertz CT molecular complexity index is 301. The van der Waals surface area contributed by atoms with Gasteiger partial charge in [-0.05, 0) is 11.8 Å². The second-order valence-corrected chi connectivity index (χ2v) is 5.76. The standard InChI is InChI=1S/C11H16O2/c1-9(2)7-4-8(12)10(9,3)5-11(7)6-13-11/h7H,4-6H2,1-3H3. The monoisotopic (exact) mass is 180 g/mol. The lowest BCUT2D eigenvalue weighted by molar-refractivity contribution is -0.129. The van der Waals surface area contributed by atoms with E-state index in [0.29, 0.717) is 11.7 Å². The third kappa shape index (κ3) is 0.622. The van der Waals surface area contributed by atoms with Crippen molar-refractivity contribution in [2.45, 2.75) is 39.2 Å². The Labute approximate surface area is 78.6 Å². The zero-order chi connectivity index (χ0) is 9.48. The van der Waals surface area contributed by atoms with Gasteiger partial charge < -0.3 is 4.74 Å². The predicted octanol–water partition coefficient (Wildman–Crippen LogP) is 1.78.